The van der Waals surface area contributed by atoms with Crippen molar-refractivity contribution in [2.75, 3.05) is 13.1 Å². The molecular formula is C24H27N3O2. The predicted octanol–water partition coefficient (Wildman–Crippen LogP) is 4.95. The minimum Gasteiger partial charge on any atom is -0.339 e. The van der Waals surface area contributed by atoms with Crippen molar-refractivity contribution in [1.29, 1.82) is 0 Å². The van der Waals surface area contributed by atoms with Gasteiger partial charge in [0.15, 0.2) is 5.82 Å². The molecule has 3 aromatic rings. The zero-order valence-electron chi connectivity index (χ0n) is 17.0. The third-order valence-corrected chi connectivity index (χ3v) is 5.60. The van der Waals surface area contributed by atoms with Gasteiger partial charge in [0.2, 0.25) is 5.89 Å². The summed E-state index contributed by atoms with van der Waals surface area (Å²) in [4.78, 5) is 19.3. The van der Waals surface area contributed by atoms with E-state index in [0.29, 0.717) is 5.92 Å². The van der Waals surface area contributed by atoms with Crippen LogP contribution in [0.5, 0.6) is 0 Å². The van der Waals surface area contributed by atoms with Crippen LogP contribution >= 0.6 is 0 Å². The van der Waals surface area contributed by atoms with E-state index in [4.69, 9.17) is 4.52 Å². The Morgan fingerprint density at radius 1 is 1.03 bits per heavy atom. The largest absolute Gasteiger partial charge is 0.339 e. The second-order valence-corrected chi connectivity index (χ2v) is 8.08. The molecule has 1 fully saturated rings. The first-order valence-electron chi connectivity index (χ1n) is 10.4. The standard InChI is InChI=1S/C24H27N3O2/c1-17(2)23-25-22(29-26-23)16-18-12-14-27(15-13-18)24(28)21-10-8-20(9-11-21)19-6-4-3-5-7-19/h3-11,17-18H,12-16H2,1-2H3. The smallest absolute Gasteiger partial charge is 0.253 e. The topological polar surface area (TPSA) is 59.2 Å². The first-order valence-corrected chi connectivity index (χ1v) is 10.4. The number of rotatable bonds is 5. The van der Waals surface area contributed by atoms with Crippen LogP contribution in [-0.2, 0) is 6.42 Å². The highest BCUT2D eigenvalue weighted by Crippen LogP contribution is 2.24. The van der Waals surface area contributed by atoms with Gasteiger partial charge in [-0.3, -0.25) is 4.79 Å². The van der Waals surface area contributed by atoms with Gasteiger partial charge in [0.25, 0.3) is 5.91 Å². The number of hydrogen-bond donors (Lipinski definition) is 0. The van der Waals surface area contributed by atoms with Crippen LogP contribution < -0.4 is 0 Å². The van der Waals surface area contributed by atoms with Crippen molar-refractivity contribution in [2.24, 2.45) is 5.92 Å². The molecule has 1 aromatic heterocycles. The Hall–Kier alpha value is -2.95. The van der Waals surface area contributed by atoms with Crippen LogP contribution in [0.3, 0.4) is 0 Å². The first-order chi connectivity index (χ1) is 14.1. The van der Waals surface area contributed by atoms with E-state index in [2.05, 4.69) is 36.1 Å². The maximum atomic E-state index is 12.9. The minimum atomic E-state index is 0.114. The van der Waals surface area contributed by atoms with E-state index in [0.717, 1.165) is 60.8 Å². The fraction of sp³-hybridized carbons (Fsp3) is 0.375. The summed E-state index contributed by atoms with van der Waals surface area (Å²) in [5, 5.41) is 4.04. The molecule has 4 rings (SSSR count). The number of likely N-dealkylation sites (tertiary alicyclic amines) is 1. The van der Waals surface area contributed by atoms with E-state index in [1.165, 1.54) is 0 Å². The molecule has 2 aromatic carbocycles. The average Bonchev–Trinajstić information content (AvgIpc) is 3.23. The molecule has 0 bridgehead atoms. The molecule has 2 heterocycles. The molecule has 0 radical (unpaired) electrons. The molecule has 5 nitrogen and oxygen atoms in total. The first kappa shape index (κ1) is 19.4. The molecule has 0 unspecified atom stereocenters. The van der Waals surface area contributed by atoms with E-state index in [1.54, 1.807) is 0 Å². The summed E-state index contributed by atoms with van der Waals surface area (Å²) in [6, 6.07) is 18.1. The Bertz CT molecular complexity index is 940. The molecule has 0 atom stereocenters. The highest BCUT2D eigenvalue weighted by atomic mass is 16.5. The summed E-state index contributed by atoms with van der Waals surface area (Å²) < 4.78 is 5.38. The zero-order valence-corrected chi connectivity index (χ0v) is 17.0. The van der Waals surface area contributed by atoms with Gasteiger partial charge < -0.3 is 9.42 Å². The second kappa shape index (κ2) is 8.60. The Kier molecular flexibility index (Phi) is 5.74. The quantitative estimate of drug-likeness (QED) is 0.619. The van der Waals surface area contributed by atoms with Crippen LogP contribution in [-0.4, -0.2) is 34.0 Å². The molecule has 29 heavy (non-hydrogen) atoms. The lowest BCUT2D eigenvalue weighted by Gasteiger charge is -2.31. The van der Waals surface area contributed by atoms with E-state index >= 15 is 0 Å². The van der Waals surface area contributed by atoms with Crippen molar-refractivity contribution < 1.29 is 9.32 Å². The fourth-order valence-electron chi connectivity index (χ4n) is 3.79. The van der Waals surface area contributed by atoms with Crippen molar-refractivity contribution in [3.8, 4) is 11.1 Å². The van der Waals surface area contributed by atoms with Crippen molar-refractivity contribution in [2.45, 2.75) is 39.0 Å². The molecule has 1 aliphatic rings. The van der Waals surface area contributed by atoms with E-state index in [9.17, 15) is 4.79 Å². The van der Waals surface area contributed by atoms with E-state index in [1.807, 2.05) is 47.4 Å². The molecule has 0 saturated carbocycles. The summed E-state index contributed by atoms with van der Waals surface area (Å²) >= 11 is 0. The van der Waals surface area contributed by atoms with Gasteiger partial charge in [0, 0.05) is 31.0 Å². The number of benzene rings is 2. The van der Waals surface area contributed by atoms with Gasteiger partial charge in [-0.05, 0) is 42.0 Å². The lowest BCUT2D eigenvalue weighted by Crippen LogP contribution is -2.38. The Balaban J connectivity index is 1.32. The normalized spacial score (nSPS) is 15.1. The highest BCUT2D eigenvalue weighted by molar-refractivity contribution is 5.94. The third kappa shape index (κ3) is 4.56. The Morgan fingerprint density at radius 3 is 2.31 bits per heavy atom. The fourth-order valence-corrected chi connectivity index (χ4v) is 3.79. The molecule has 5 heteroatoms. The van der Waals surface area contributed by atoms with Crippen LogP contribution in [0.2, 0.25) is 0 Å². The molecule has 0 N–H and O–H groups in total. The van der Waals surface area contributed by atoms with Crippen LogP contribution in [0, 0.1) is 5.92 Å². The molecule has 1 aliphatic heterocycles. The van der Waals surface area contributed by atoms with Gasteiger partial charge in [-0.25, -0.2) is 0 Å². The zero-order chi connectivity index (χ0) is 20.2. The van der Waals surface area contributed by atoms with Crippen LogP contribution in [0.15, 0.2) is 59.1 Å². The molecule has 0 spiro atoms. The number of hydrogen-bond acceptors (Lipinski definition) is 4. The number of piperidine rings is 1. The van der Waals surface area contributed by atoms with E-state index < -0.39 is 0 Å². The lowest BCUT2D eigenvalue weighted by atomic mass is 9.93. The molecule has 0 aliphatic carbocycles. The van der Waals surface area contributed by atoms with Gasteiger partial charge in [0.05, 0.1) is 0 Å². The summed E-state index contributed by atoms with van der Waals surface area (Å²) in [7, 11) is 0. The van der Waals surface area contributed by atoms with E-state index in [-0.39, 0.29) is 11.8 Å². The number of nitrogens with zero attached hydrogens (tertiary/aromatic N) is 3. The number of aromatic nitrogens is 2. The van der Waals surface area contributed by atoms with Crippen molar-refractivity contribution in [3.63, 3.8) is 0 Å². The van der Waals surface area contributed by atoms with Gasteiger partial charge in [-0.15, -0.1) is 0 Å². The van der Waals surface area contributed by atoms with Crippen molar-refractivity contribution in [3.05, 3.63) is 71.9 Å². The molecule has 1 amide bonds. The number of carbonyl (C=O) groups excluding carboxylic acids is 1. The van der Waals surface area contributed by atoms with Gasteiger partial charge in [0.1, 0.15) is 0 Å². The molecule has 1 saturated heterocycles. The number of amides is 1. The summed E-state index contributed by atoms with van der Waals surface area (Å²) in [6.07, 6.45) is 2.73. The summed E-state index contributed by atoms with van der Waals surface area (Å²) in [6.45, 7) is 5.67. The molecular weight excluding hydrogens is 362 g/mol. The van der Waals surface area contributed by atoms with Gasteiger partial charge in [-0.1, -0.05) is 61.5 Å². The van der Waals surface area contributed by atoms with Crippen molar-refractivity contribution in [1.82, 2.24) is 15.0 Å². The minimum absolute atomic E-state index is 0.114. The Labute approximate surface area is 171 Å². The van der Waals surface area contributed by atoms with Crippen LogP contribution in [0.4, 0.5) is 0 Å². The maximum Gasteiger partial charge on any atom is 0.253 e. The number of carbonyl (C=O) groups is 1. The van der Waals surface area contributed by atoms with Crippen molar-refractivity contribution >= 4 is 5.91 Å². The monoisotopic (exact) mass is 389 g/mol. The summed E-state index contributed by atoms with van der Waals surface area (Å²) in [5.41, 5.74) is 3.04. The summed E-state index contributed by atoms with van der Waals surface area (Å²) in [5.74, 6) is 2.37. The van der Waals surface area contributed by atoms with Gasteiger partial charge in [-0.2, -0.15) is 4.98 Å². The van der Waals surface area contributed by atoms with Gasteiger partial charge >= 0.3 is 0 Å². The SMILES string of the molecule is CC(C)c1noc(CC2CCN(C(=O)c3ccc(-c4ccccc4)cc3)CC2)n1. The maximum absolute atomic E-state index is 12.9. The van der Waals surface area contributed by atoms with Crippen LogP contribution in [0.1, 0.15) is 54.7 Å². The molecule has 150 valence electrons. The highest BCUT2D eigenvalue weighted by Gasteiger charge is 2.25. The lowest BCUT2D eigenvalue weighted by molar-refractivity contribution is 0.0687. The third-order valence-electron chi connectivity index (χ3n) is 5.60. The average molecular weight is 389 g/mol. The van der Waals surface area contributed by atoms with Crippen LogP contribution in [0.25, 0.3) is 11.1 Å². The predicted molar refractivity (Wildman–Crippen MR) is 113 cm³/mol. The Morgan fingerprint density at radius 2 is 1.69 bits per heavy atom. The second-order valence-electron chi connectivity index (χ2n) is 8.08.